The van der Waals surface area contributed by atoms with Crippen molar-refractivity contribution >= 4 is 11.3 Å². The second kappa shape index (κ2) is 7.61. The zero-order valence-corrected chi connectivity index (χ0v) is 13.9. The monoisotopic (exact) mass is 323 g/mol. The number of hydrogen-bond acceptors (Lipinski definition) is 3. The number of alkyl halides is 3. The zero-order valence-electron chi connectivity index (χ0n) is 13.1. The predicted molar refractivity (Wildman–Crippen MR) is 80.6 cm³/mol. The van der Waals surface area contributed by atoms with Gasteiger partial charge in [0.1, 0.15) is 0 Å². The average molecular weight is 323 g/mol. The Labute approximate surface area is 128 Å². The Hall–Kier alpha value is -0.590. The molecule has 0 radical (unpaired) electrons. The van der Waals surface area contributed by atoms with Gasteiger partial charge >= 0.3 is 6.18 Å². The first-order valence-electron chi connectivity index (χ1n) is 7.04. The van der Waals surface area contributed by atoms with E-state index in [0.29, 0.717) is 6.61 Å². The minimum absolute atomic E-state index is 0.0190. The van der Waals surface area contributed by atoms with Gasteiger partial charge in [-0.3, -0.25) is 0 Å². The molecule has 1 aromatic rings. The van der Waals surface area contributed by atoms with Crippen molar-refractivity contribution in [2.24, 2.45) is 0 Å². The summed E-state index contributed by atoms with van der Waals surface area (Å²) in [7, 11) is 0. The standard InChI is InChI=1S/C15H24F3NOS/c1-11-12(10-20-7-5-6-15(16,17)18)8-13(21-11)9-19-14(2,3)4/h8,19H,5-7,9-10H2,1-4H3. The molecule has 0 atom stereocenters. The van der Waals surface area contributed by atoms with E-state index in [-0.39, 0.29) is 18.6 Å². The Kier molecular flexibility index (Phi) is 6.69. The number of nitrogens with one attached hydrogen (secondary N) is 1. The molecule has 122 valence electrons. The third-order valence-corrected chi connectivity index (χ3v) is 3.96. The molecule has 0 aromatic carbocycles. The Morgan fingerprint density at radius 3 is 2.48 bits per heavy atom. The SMILES string of the molecule is Cc1sc(CNC(C)(C)C)cc1COCCCC(F)(F)F. The summed E-state index contributed by atoms with van der Waals surface area (Å²) < 4.78 is 41.3. The molecule has 0 saturated carbocycles. The van der Waals surface area contributed by atoms with Crippen molar-refractivity contribution in [1.29, 1.82) is 0 Å². The van der Waals surface area contributed by atoms with Crippen LogP contribution in [0.2, 0.25) is 0 Å². The van der Waals surface area contributed by atoms with Gasteiger partial charge in [0.15, 0.2) is 0 Å². The van der Waals surface area contributed by atoms with E-state index in [0.717, 1.165) is 17.0 Å². The lowest BCUT2D eigenvalue weighted by molar-refractivity contribution is -0.138. The maximum Gasteiger partial charge on any atom is 0.389 e. The number of rotatable bonds is 7. The van der Waals surface area contributed by atoms with Gasteiger partial charge in [-0.15, -0.1) is 11.3 Å². The van der Waals surface area contributed by atoms with Gasteiger partial charge in [-0.25, -0.2) is 0 Å². The van der Waals surface area contributed by atoms with Crippen molar-refractivity contribution < 1.29 is 17.9 Å². The Balaban J connectivity index is 2.34. The van der Waals surface area contributed by atoms with Crippen LogP contribution in [0.3, 0.4) is 0 Å². The lowest BCUT2D eigenvalue weighted by atomic mass is 10.1. The van der Waals surface area contributed by atoms with Crippen LogP contribution in [0.4, 0.5) is 13.2 Å². The van der Waals surface area contributed by atoms with Crippen LogP contribution in [-0.2, 0) is 17.9 Å². The summed E-state index contributed by atoms with van der Waals surface area (Å²) in [5.74, 6) is 0. The Morgan fingerprint density at radius 1 is 1.24 bits per heavy atom. The number of ether oxygens (including phenoxy) is 1. The summed E-state index contributed by atoms with van der Waals surface area (Å²) in [6, 6.07) is 2.07. The summed E-state index contributed by atoms with van der Waals surface area (Å²) in [5, 5.41) is 3.42. The summed E-state index contributed by atoms with van der Waals surface area (Å²) in [5.41, 5.74) is 1.13. The molecule has 0 amide bonds. The van der Waals surface area contributed by atoms with Crippen LogP contribution in [-0.4, -0.2) is 18.3 Å². The molecule has 0 spiro atoms. The van der Waals surface area contributed by atoms with Crippen LogP contribution in [0.1, 0.15) is 48.9 Å². The number of halogens is 3. The van der Waals surface area contributed by atoms with Gasteiger partial charge in [-0.2, -0.15) is 13.2 Å². The van der Waals surface area contributed by atoms with E-state index in [1.165, 1.54) is 4.88 Å². The highest BCUT2D eigenvalue weighted by molar-refractivity contribution is 7.12. The molecular weight excluding hydrogens is 299 g/mol. The van der Waals surface area contributed by atoms with Crippen LogP contribution in [0.5, 0.6) is 0 Å². The minimum atomic E-state index is -4.09. The van der Waals surface area contributed by atoms with Crippen molar-refractivity contribution in [1.82, 2.24) is 5.32 Å². The third-order valence-electron chi connectivity index (χ3n) is 2.87. The molecule has 0 aliphatic carbocycles. The molecule has 1 aromatic heterocycles. The van der Waals surface area contributed by atoms with Crippen LogP contribution in [0, 0.1) is 6.92 Å². The quantitative estimate of drug-likeness (QED) is 0.728. The topological polar surface area (TPSA) is 21.3 Å². The molecule has 0 saturated heterocycles. The predicted octanol–water partition coefficient (Wildman–Crippen LogP) is 4.80. The van der Waals surface area contributed by atoms with Crippen molar-refractivity contribution in [3.8, 4) is 0 Å². The van der Waals surface area contributed by atoms with E-state index in [1.54, 1.807) is 11.3 Å². The smallest absolute Gasteiger partial charge is 0.377 e. The van der Waals surface area contributed by atoms with Crippen molar-refractivity contribution in [2.45, 2.75) is 65.4 Å². The first-order valence-corrected chi connectivity index (χ1v) is 7.86. The maximum absolute atomic E-state index is 12.0. The van der Waals surface area contributed by atoms with Crippen molar-refractivity contribution in [2.75, 3.05) is 6.61 Å². The third kappa shape index (κ3) is 8.44. The van der Waals surface area contributed by atoms with Crippen molar-refractivity contribution in [3.63, 3.8) is 0 Å². The molecule has 0 aliphatic rings. The van der Waals surface area contributed by atoms with E-state index < -0.39 is 12.6 Å². The lowest BCUT2D eigenvalue weighted by Gasteiger charge is -2.19. The van der Waals surface area contributed by atoms with E-state index in [4.69, 9.17) is 4.74 Å². The Morgan fingerprint density at radius 2 is 1.90 bits per heavy atom. The fourth-order valence-electron chi connectivity index (χ4n) is 1.73. The molecule has 0 bridgehead atoms. The van der Waals surface area contributed by atoms with E-state index in [2.05, 4.69) is 32.2 Å². The molecule has 0 unspecified atom stereocenters. The Bertz CT molecular complexity index is 435. The van der Waals surface area contributed by atoms with E-state index >= 15 is 0 Å². The summed E-state index contributed by atoms with van der Waals surface area (Å²) in [6.45, 7) is 9.66. The number of hydrogen-bond donors (Lipinski definition) is 1. The first kappa shape index (κ1) is 18.5. The second-order valence-electron chi connectivity index (χ2n) is 6.17. The molecule has 0 aliphatic heterocycles. The molecule has 6 heteroatoms. The number of aryl methyl sites for hydroxylation is 1. The second-order valence-corrected chi connectivity index (χ2v) is 7.51. The molecule has 2 nitrogen and oxygen atoms in total. The summed E-state index contributed by atoms with van der Waals surface area (Å²) in [4.78, 5) is 2.38. The van der Waals surface area contributed by atoms with Crippen molar-refractivity contribution in [3.05, 3.63) is 21.4 Å². The van der Waals surface area contributed by atoms with Crippen LogP contribution >= 0.6 is 11.3 Å². The van der Waals surface area contributed by atoms with Gasteiger partial charge in [0, 0.05) is 34.9 Å². The average Bonchev–Trinajstić information content (AvgIpc) is 2.65. The molecular formula is C15H24F3NOS. The highest BCUT2D eigenvalue weighted by Crippen LogP contribution is 2.24. The fraction of sp³-hybridized carbons (Fsp3) is 0.733. The minimum Gasteiger partial charge on any atom is -0.377 e. The van der Waals surface area contributed by atoms with Crippen LogP contribution in [0.15, 0.2) is 6.07 Å². The highest BCUT2D eigenvalue weighted by atomic mass is 32.1. The maximum atomic E-state index is 12.0. The van der Waals surface area contributed by atoms with Crippen LogP contribution in [0.25, 0.3) is 0 Å². The van der Waals surface area contributed by atoms with Gasteiger partial charge in [-0.05, 0) is 45.7 Å². The molecule has 1 rings (SSSR count). The highest BCUT2D eigenvalue weighted by Gasteiger charge is 2.25. The van der Waals surface area contributed by atoms with Crippen LogP contribution < -0.4 is 5.32 Å². The van der Waals surface area contributed by atoms with Gasteiger partial charge in [0.05, 0.1) is 6.61 Å². The summed E-state index contributed by atoms with van der Waals surface area (Å²) >= 11 is 1.70. The van der Waals surface area contributed by atoms with Gasteiger partial charge in [-0.1, -0.05) is 0 Å². The zero-order chi connectivity index (χ0) is 16.1. The van der Waals surface area contributed by atoms with Gasteiger partial charge < -0.3 is 10.1 Å². The molecule has 1 heterocycles. The molecule has 1 N–H and O–H groups in total. The molecule has 0 fully saturated rings. The molecule has 21 heavy (non-hydrogen) atoms. The normalized spacial score (nSPS) is 12.9. The number of thiophene rings is 1. The first-order chi connectivity index (χ1) is 9.57. The fourth-order valence-corrected chi connectivity index (χ4v) is 2.71. The summed E-state index contributed by atoms with van der Waals surface area (Å²) in [6.07, 6.45) is -4.85. The lowest BCUT2D eigenvalue weighted by Crippen LogP contribution is -2.34. The largest absolute Gasteiger partial charge is 0.389 e. The van der Waals surface area contributed by atoms with Gasteiger partial charge in [0.2, 0.25) is 0 Å². The van der Waals surface area contributed by atoms with E-state index in [1.807, 2.05) is 6.92 Å². The van der Waals surface area contributed by atoms with Gasteiger partial charge in [0.25, 0.3) is 0 Å². The van der Waals surface area contributed by atoms with E-state index in [9.17, 15) is 13.2 Å².